The molecule has 10 heteroatoms. The molecule has 28 heavy (non-hydrogen) atoms. The van der Waals surface area contributed by atoms with Gasteiger partial charge in [0.2, 0.25) is 15.9 Å². The summed E-state index contributed by atoms with van der Waals surface area (Å²) in [4.78, 5) is 11.8. The Morgan fingerprint density at radius 1 is 1.14 bits per heavy atom. The summed E-state index contributed by atoms with van der Waals surface area (Å²) >= 11 is 0. The molecule has 1 amide bonds. The Bertz CT molecular complexity index is 896. The standard InChI is InChI=1S/C18H22FN3O4S.ClH/c1-26-12-17(20)18(23)21-10-14-5-3-7-16(9-14)27(24,25)22-11-13-4-2-6-15(19)8-13;/h2-9,17,22H,10-12,20H2,1H3,(H,21,23);1H. The first-order valence-corrected chi connectivity index (χ1v) is 9.65. The zero-order chi connectivity index (χ0) is 19.9. The quantitative estimate of drug-likeness (QED) is 0.554. The average molecular weight is 432 g/mol. The van der Waals surface area contributed by atoms with Crippen molar-refractivity contribution in [1.82, 2.24) is 10.0 Å². The van der Waals surface area contributed by atoms with Crippen LogP contribution in [-0.2, 0) is 32.6 Å². The Labute approximate surface area is 169 Å². The molecule has 0 saturated carbocycles. The van der Waals surface area contributed by atoms with Gasteiger partial charge in [-0.2, -0.15) is 0 Å². The molecule has 154 valence electrons. The molecule has 0 aliphatic rings. The van der Waals surface area contributed by atoms with Crippen molar-refractivity contribution in [2.75, 3.05) is 13.7 Å². The van der Waals surface area contributed by atoms with Gasteiger partial charge < -0.3 is 15.8 Å². The highest BCUT2D eigenvalue weighted by Crippen LogP contribution is 2.13. The van der Waals surface area contributed by atoms with Gasteiger partial charge in [-0.05, 0) is 35.4 Å². The van der Waals surface area contributed by atoms with Gasteiger partial charge in [-0.3, -0.25) is 4.79 Å². The number of halogens is 2. The lowest BCUT2D eigenvalue weighted by molar-refractivity contribution is -0.123. The second-order valence-electron chi connectivity index (χ2n) is 5.88. The van der Waals surface area contributed by atoms with Crippen molar-refractivity contribution >= 4 is 28.3 Å². The zero-order valence-electron chi connectivity index (χ0n) is 15.2. The van der Waals surface area contributed by atoms with Gasteiger partial charge in [0.15, 0.2) is 0 Å². The Kier molecular flexibility index (Phi) is 9.50. The summed E-state index contributed by atoms with van der Waals surface area (Å²) in [5, 5.41) is 2.63. The molecule has 2 aromatic carbocycles. The smallest absolute Gasteiger partial charge is 0.240 e. The fourth-order valence-corrected chi connectivity index (χ4v) is 3.39. The van der Waals surface area contributed by atoms with Crippen molar-refractivity contribution in [3.8, 4) is 0 Å². The molecule has 2 rings (SSSR count). The van der Waals surface area contributed by atoms with Gasteiger partial charge in [0, 0.05) is 20.2 Å². The number of rotatable bonds is 9. The Balaban J connectivity index is 0.00000392. The van der Waals surface area contributed by atoms with Crippen molar-refractivity contribution in [1.29, 1.82) is 0 Å². The average Bonchev–Trinajstić information content (AvgIpc) is 2.65. The number of nitrogens with two attached hydrogens (primary N) is 1. The molecule has 0 saturated heterocycles. The summed E-state index contributed by atoms with van der Waals surface area (Å²) in [6.45, 7) is 0.181. The first-order valence-electron chi connectivity index (χ1n) is 8.17. The summed E-state index contributed by atoms with van der Waals surface area (Å²) in [5.74, 6) is -0.828. The third kappa shape index (κ3) is 7.17. The van der Waals surface area contributed by atoms with Gasteiger partial charge in [-0.25, -0.2) is 17.5 Å². The van der Waals surface area contributed by atoms with E-state index < -0.39 is 27.8 Å². The predicted molar refractivity (Wildman–Crippen MR) is 106 cm³/mol. The number of methoxy groups -OCH3 is 1. The number of carbonyl (C=O) groups excluding carboxylic acids is 1. The minimum absolute atomic E-state index is 0. The Hall–Kier alpha value is -2.04. The van der Waals surface area contributed by atoms with Crippen LogP contribution < -0.4 is 15.8 Å². The van der Waals surface area contributed by atoms with Gasteiger partial charge in [0.1, 0.15) is 11.9 Å². The summed E-state index contributed by atoms with van der Waals surface area (Å²) in [6, 6.07) is 11.0. The lowest BCUT2D eigenvalue weighted by atomic mass is 10.2. The first-order chi connectivity index (χ1) is 12.8. The van der Waals surface area contributed by atoms with Gasteiger partial charge in [-0.15, -0.1) is 12.4 Å². The summed E-state index contributed by atoms with van der Waals surface area (Å²) in [7, 11) is -2.34. The molecule has 2 aromatic rings. The molecule has 0 aliphatic heterocycles. The van der Waals surface area contributed by atoms with Crippen LogP contribution in [0.25, 0.3) is 0 Å². The van der Waals surface area contributed by atoms with E-state index in [9.17, 15) is 17.6 Å². The van der Waals surface area contributed by atoms with Crippen LogP contribution in [0.5, 0.6) is 0 Å². The van der Waals surface area contributed by atoms with E-state index in [2.05, 4.69) is 10.0 Å². The Morgan fingerprint density at radius 2 is 1.79 bits per heavy atom. The lowest BCUT2D eigenvalue weighted by Crippen LogP contribution is -2.43. The molecule has 0 heterocycles. The van der Waals surface area contributed by atoms with Crippen molar-refractivity contribution in [2.24, 2.45) is 5.73 Å². The van der Waals surface area contributed by atoms with Crippen LogP contribution in [0, 0.1) is 5.82 Å². The number of hydrogen-bond acceptors (Lipinski definition) is 5. The lowest BCUT2D eigenvalue weighted by Gasteiger charge is -2.12. The number of benzene rings is 2. The van der Waals surface area contributed by atoms with Crippen LogP contribution in [0.4, 0.5) is 4.39 Å². The van der Waals surface area contributed by atoms with E-state index >= 15 is 0 Å². The number of ether oxygens (including phenoxy) is 1. The van der Waals surface area contributed by atoms with E-state index in [0.717, 1.165) is 0 Å². The molecule has 0 spiro atoms. The van der Waals surface area contributed by atoms with E-state index in [-0.39, 0.29) is 37.0 Å². The summed E-state index contributed by atoms with van der Waals surface area (Å²) in [5.41, 5.74) is 6.73. The molecule has 1 atom stereocenters. The van der Waals surface area contributed by atoms with Crippen molar-refractivity contribution < 1.29 is 22.3 Å². The maximum Gasteiger partial charge on any atom is 0.240 e. The minimum Gasteiger partial charge on any atom is -0.383 e. The van der Waals surface area contributed by atoms with Crippen LogP contribution in [0.1, 0.15) is 11.1 Å². The largest absolute Gasteiger partial charge is 0.383 e. The molecule has 7 nitrogen and oxygen atoms in total. The number of hydrogen-bond donors (Lipinski definition) is 3. The van der Waals surface area contributed by atoms with E-state index in [0.29, 0.717) is 11.1 Å². The topological polar surface area (TPSA) is 111 Å². The van der Waals surface area contributed by atoms with E-state index in [1.807, 2.05) is 0 Å². The number of nitrogens with one attached hydrogen (secondary N) is 2. The maximum absolute atomic E-state index is 13.2. The van der Waals surface area contributed by atoms with Crippen molar-refractivity contribution in [3.05, 3.63) is 65.5 Å². The third-order valence-electron chi connectivity index (χ3n) is 3.71. The molecule has 0 aliphatic carbocycles. The van der Waals surface area contributed by atoms with Crippen LogP contribution in [-0.4, -0.2) is 34.1 Å². The number of carbonyl (C=O) groups is 1. The normalized spacial score (nSPS) is 12.1. The summed E-state index contributed by atoms with van der Waals surface area (Å²) < 4.78 is 45.3. The highest BCUT2D eigenvalue weighted by molar-refractivity contribution is 7.89. The number of sulfonamides is 1. The van der Waals surface area contributed by atoms with Gasteiger partial charge in [0.25, 0.3) is 0 Å². The molecule has 0 radical (unpaired) electrons. The highest BCUT2D eigenvalue weighted by Gasteiger charge is 2.16. The van der Waals surface area contributed by atoms with E-state index in [1.165, 1.54) is 37.4 Å². The van der Waals surface area contributed by atoms with Gasteiger partial charge in [-0.1, -0.05) is 24.3 Å². The monoisotopic (exact) mass is 431 g/mol. The maximum atomic E-state index is 13.2. The third-order valence-corrected chi connectivity index (χ3v) is 5.11. The molecule has 4 N–H and O–H groups in total. The SMILES string of the molecule is COCC(N)C(=O)NCc1cccc(S(=O)(=O)NCc2cccc(F)c2)c1.Cl. The second-order valence-corrected chi connectivity index (χ2v) is 7.65. The van der Waals surface area contributed by atoms with E-state index in [1.54, 1.807) is 18.2 Å². The van der Waals surface area contributed by atoms with Crippen LogP contribution in [0.2, 0.25) is 0 Å². The van der Waals surface area contributed by atoms with Crippen molar-refractivity contribution in [2.45, 2.75) is 24.0 Å². The van der Waals surface area contributed by atoms with E-state index in [4.69, 9.17) is 10.5 Å². The van der Waals surface area contributed by atoms with Gasteiger partial charge >= 0.3 is 0 Å². The van der Waals surface area contributed by atoms with Crippen LogP contribution in [0.3, 0.4) is 0 Å². The first kappa shape index (κ1) is 24.0. The second kappa shape index (κ2) is 11.1. The molecular formula is C18H23ClFN3O4S. The fraction of sp³-hybridized carbons (Fsp3) is 0.278. The predicted octanol–water partition coefficient (Wildman–Crippen LogP) is 1.32. The van der Waals surface area contributed by atoms with Crippen LogP contribution >= 0.6 is 12.4 Å². The molecule has 1 unspecified atom stereocenters. The van der Waals surface area contributed by atoms with Crippen LogP contribution in [0.15, 0.2) is 53.4 Å². The van der Waals surface area contributed by atoms with Gasteiger partial charge in [0.05, 0.1) is 11.5 Å². The van der Waals surface area contributed by atoms with Crippen molar-refractivity contribution in [3.63, 3.8) is 0 Å². The Morgan fingerprint density at radius 3 is 2.43 bits per heavy atom. The molecular weight excluding hydrogens is 409 g/mol. The highest BCUT2D eigenvalue weighted by atomic mass is 35.5. The zero-order valence-corrected chi connectivity index (χ0v) is 16.9. The minimum atomic E-state index is -3.79. The summed E-state index contributed by atoms with van der Waals surface area (Å²) in [6.07, 6.45) is 0. The molecule has 0 fully saturated rings. The fourth-order valence-electron chi connectivity index (χ4n) is 2.31. The number of amides is 1. The molecule has 0 aromatic heterocycles. The molecule has 0 bridgehead atoms.